The van der Waals surface area contributed by atoms with Crippen LogP contribution in [0.25, 0.3) is 0 Å². The van der Waals surface area contributed by atoms with Crippen molar-refractivity contribution in [3.63, 3.8) is 0 Å². The summed E-state index contributed by atoms with van der Waals surface area (Å²) in [7, 11) is 0. The van der Waals surface area contributed by atoms with Crippen LogP contribution in [-0.4, -0.2) is 24.9 Å². The third-order valence-corrected chi connectivity index (χ3v) is 10.0. The van der Waals surface area contributed by atoms with Crippen LogP contribution in [0.5, 0.6) is 0 Å². The van der Waals surface area contributed by atoms with Gasteiger partial charge in [-0.3, -0.25) is 9.59 Å². The van der Waals surface area contributed by atoms with Crippen molar-refractivity contribution < 1.29 is 9.59 Å². The molecule has 0 aliphatic rings. The highest BCUT2D eigenvalue weighted by Crippen LogP contribution is 2.16. The summed E-state index contributed by atoms with van der Waals surface area (Å²) >= 11 is 0. The van der Waals surface area contributed by atoms with E-state index in [1.807, 2.05) is 0 Å². The molecule has 50 heavy (non-hydrogen) atoms. The molecular weight excluding hydrogens is 613 g/mol. The second-order valence-corrected chi connectivity index (χ2v) is 16.4. The Kier molecular flexibility index (Phi) is 35.4. The lowest BCUT2D eigenvalue weighted by Crippen LogP contribution is -2.25. The number of hydrogen-bond acceptors (Lipinski definition) is 2. The molecule has 0 aliphatic heterocycles. The van der Waals surface area contributed by atoms with E-state index in [-0.39, 0.29) is 11.8 Å². The van der Waals surface area contributed by atoms with E-state index in [0.717, 1.165) is 63.5 Å². The first kappa shape index (κ1) is 48.1. The highest BCUT2D eigenvalue weighted by Gasteiger charge is 2.07. The number of hydrogen-bond donors (Lipinski definition) is 2. The first-order valence-corrected chi connectivity index (χ1v) is 21.7. The number of carbonyl (C=O) groups is 2. The largest absolute Gasteiger partial charge is 0.356 e. The second-order valence-electron chi connectivity index (χ2n) is 16.4. The Morgan fingerprint density at radius 3 is 1.06 bits per heavy atom. The Labute approximate surface area is 313 Å². The molecule has 0 rings (SSSR count). The van der Waals surface area contributed by atoms with E-state index in [1.165, 1.54) is 128 Å². The molecule has 0 aliphatic carbocycles. The predicted octanol–water partition coefficient (Wildman–Crippen LogP) is 12.7. The Morgan fingerprint density at radius 2 is 0.720 bits per heavy atom. The van der Waals surface area contributed by atoms with Gasteiger partial charge in [0.05, 0.1) is 0 Å². The molecule has 2 atom stereocenters. The maximum atomic E-state index is 12.1. The molecule has 0 aromatic rings. The third kappa shape index (κ3) is 38.9. The zero-order valence-corrected chi connectivity index (χ0v) is 34.3. The van der Waals surface area contributed by atoms with Gasteiger partial charge in [0.15, 0.2) is 0 Å². The molecular formula is C46H84N2O2. The van der Waals surface area contributed by atoms with E-state index in [4.69, 9.17) is 0 Å². The first-order valence-electron chi connectivity index (χ1n) is 21.7. The molecule has 4 heteroatoms. The Balaban J connectivity index is 3.41. The van der Waals surface area contributed by atoms with Crippen LogP contribution in [0, 0.1) is 47.4 Å². The van der Waals surface area contributed by atoms with Gasteiger partial charge in [-0.2, -0.15) is 0 Å². The molecule has 0 saturated heterocycles. The lowest BCUT2D eigenvalue weighted by molar-refractivity contribution is -0.122. The molecule has 0 fully saturated rings. The number of unbranched alkanes of at least 4 members (excludes halogenated alkanes) is 16. The number of carbonyl (C=O) groups excluding carboxylic acids is 2. The fraction of sp³-hybridized carbons (Fsp3) is 0.870. The summed E-state index contributed by atoms with van der Waals surface area (Å²) in [5.74, 6) is 16.0. The summed E-state index contributed by atoms with van der Waals surface area (Å²) < 4.78 is 0. The summed E-state index contributed by atoms with van der Waals surface area (Å²) in [6.07, 6.45) is 32.8. The number of amides is 2. The molecule has 2 amide bonds. The molecule has 290 valence electrons. The fourth-order valence-corrected chi connectivity index (χ4v) is 6.46. The maximum absolute atomic E-state index is 12.1. The smallest absolute Gasteiger partial charge is 0.219 e. The second kappa shape index (κ2) is 36.8. The van der Waals surface area contributed by atoms with E-state index in [9.17, 15) is 9.59 Å². The zero-order chi connectivity index (χ0) is 36.9. The molecule has 0 bridgehead atoms. The van der Waals surface area contributed by atoms with Crippen molar-refractivity contribution in [3.8, 4) is 23.7 Å². The zero-order valence-electron chi connectivity index (χ0n) is 34.3. The number of rotatable bonds is 34. The van der Waals surface area contributed by atoms with E-state index in [2.05, 4.69) is 75.9 Å². The van der Waals surface area contributed by atoms with Gasteiger partial charge in [-0.15, -0.1) is 0 Å². The van der Waals surface area contributed by atoms with Gasteiger partial charge in [-0.1, -0.05) is 169 Å². The minimum Gasteiger partial charge on any atom is -0.356 e. The lowest BCUT2D eigenvalue weighted by atomic mass is 9.97. The van der Waals surface area contributed by atoms with Gasteiger partial charge >= 0.3 is 0 Å². The van der Waals surface area contributed by atoms with Crippen LogP contribution in [0.4, 0.5) is 0 Å². The highest BCUT2D eigenvalue weighted by molar-refractivity contribution is 5.76. The van der Waals surface area contributed by atoms with Crippen LogP contribution in [0.1, 0.15) is 221 Å². The van der Waals surface area contributed by atoms with Crippen molar-refractivity contribution in [1.29, 1.82) is 0 Å². The van der Waals surface area contributed by atoms with Crippen LogP contribution in [0.3, 0.4) is 0 Å². The topological polar surface area (TPSA) is 58.2 Å². The van der Waals surface area contributed by atoms with Crippen molar-refractivity contribution in [2.45, 2.75) is 221 Å². The molecule has 0 aromatic heterocycles. The van der Waals surface area contributed by atoms with Gasteiger partial charge in [0.2, 0.25) is 11.8 Å². The average Bonchev–Trinajstić information content (AvgIpc) is 3.06. The van der Waals surface area contributed by atoms with Crippen LogP contribution in [0.15, 0.2) is 0 Å². The van der Waals surface area contributed by atoms with Crippen molar-refractivity contribution in [1.82, 2.24) is 10.6 Å². The Hall–Kier alpha value is -1.94. The standard InChI is InChI=1S/C46H84N2O2/c1-41(2)31-29-33-43(5)37-39-47-45(49)35-27-25-23-21-19-17-15-13-11-9-7-8-10-12-14-16-18-20-22-24-26-28-36-46(50)48-40-38-44(6)34-30-32-42(3)4/h41-44H,11-40H2,1-6H3,(H,47,49)(H,48,50). The van der Waals surface area contributed by atoms with E-state index < -0.39 is 0 Å². The van der Waals surface area contributed by atoms with E-state index >= 15 is 0 Å². The summed E-state index contributed by atoms with van der Waals surface area (Å²) in [6.45, 7) is 15.5. The van der Waals surface area contributed by atoms with Crippen molar-refractivity contribution in [2.24, 2.45) is 23.7 Å². The van der Waals surface area contributed by atoms with Gasteiger partial charge in [0, 0.05) is 38.8 Å². The molecule has 2 N–H and O–H groups in total. The summed E-state index contributed by atoms with van der Waals surface area (Å²) in [5, 5.41) is 6.25. The Bertz CT molecular complexity index is 829. The van der Waals surface area contributed by atoms with Crippen LogP contribution < -0.4 is 10.6 Å². The molecule has 0 spiro atoms. The first-order chi connectivity index (χ1) is 24.2. The van der Waals surface area contributed by atoms with Crippen molar-refractivity contribution >= 4 is 11.8 Å². The van der Waals surface area contributed by atoms with Crippen LogP contribution in [0.2, 0.25) is 0 Å². The maximum Gasteiger partial charge on any atom is 0.219 e. The minimum atomic E-state index is 0.237. The molecule has 0 radical (unpaired) electrons. The highest BCUT2D eigenvalue weighted by atomic mass is 16.2. The minimum absolute atomic E-state index is 0.237. The van der Waals surface area contributed by atoms with Gasteiger partial charge in [-0.05, 0) is 74.0 Å². The molecule has 0 heterocycles. The molecule has 0 aromatic carbocycles. The fourth-order valence-electron chi connectivity index (χ4n) is 6.46. The van der Waals surface area contributed by atoms with Gasteiger partial charge in [0.1, 0.15) is 0 Å². The summed E-state index contributed by atoms with van der Waals surface area (Å²) in [5.41, 5.74) is 0. The average molecular weight is 697 g/mol. The normalized spacial score (nSPS) is 12.2. The van der Waals surface area contributed by atoms with Crippen molar-refractivity contribution in [3.05, 3.63) is 0 Å². The van der Waals surface area contributed by atoms with Crippen molar-refractivity contribution in [2.75, 3.05) is 13.1 Å². The van der Waals surface area contributed by atoms with Gasteiger partial charge in [-0.25, -0.2) is 0 Å². The van der Waals surface area contributed by atoms with Crippen LogP contribution >= 0.6 is 0 Å². The lowest BCUT2D eigenvalue weighted by Gasteiger charge is -2.13. The third-order valence-electron chi connectivity index (χ3n) is 10.0. The Morgan fingerprint density at radius 1 is 0.400 bits per heavy atom. The van der Waals surface area contributed by atoms with E-state index in [0.29, 0.717) is 24.7 Å². The quantitative estimate of drug-likeness (QED) is 0.0520. The molecule has 4 nitrogen and oxygen atoms in total. The molecule has 2 unspecified atom stereocenters. The van der Waals surface area contributed by atoms with Gasteiger partial charge < -0.3 is 10.6 Å². The van der Waals surface area contributed by atoms with E-state index in [1.54, 1.807) is 0 Å². The monoisotopic (exact) mass is 697 g/mol. The summed E-state index contributed by atoms with van der Waals surface area (Å²) in [6, 6.07) is 0. The predicted molar refractivity (Wildman–Crippen MR) is 219 cm³/mol. The molecule has 0 saturated carbocycles. The number of nitrogens with one attached hydrogen (secondary N) is 2. The van der Waals surface area contributed by atoms with Crippen LogP contribution in [-0.2, 0) is 9.59 Å². The SMILES string of the molecule is CC(C)CCCC(C)CCNC(=O)CCCCCCCCCCC#CC#CCCCCCCCCCCC(=O)NCCC(C)CCCC(C)C. The summed E-state index contributed by atoms with van der Waals surface area (Å²) in [4.78, 5) is 24.1. The van der Waals surface area contributed by atoms with Gasteiger partial charge in [0.25, 0.3) is 0 Å².